The van der Waals surface area contributed by atoms with E-state index in [-0.39, 0.29) is 17.9 Å². The van der Waals surface area contributed by atoms with Crippen molar-refractivity contribution in [3.63, 3.8) is 0 Å². The van der Waals surface area contributed by atoms with Gasteiger partial charge in [-0.1, -0.05) is 20.8 Å². The number of hydrogen-bond donors (Lipinski definition) is 1. The van der Waals surface area contributed by atoms with E-state index in [0.29, 0.717) is 0 Å². The van der Waals surface area contributed by atoms with Gasteiger partial charge < -0.3 is 10.3 Å². The minimum absolute atomic E-state index is 0.0566. The van der Waals surface area contributed by atoms with E-state index in [1.165, 1.54) is 0 Å². The van der Waals surface area contributed by atoms with Crippen LogP contribution >= 0.6 is 0 Å². The van der Waals surface area contributed by atoms with Crippen molar-refractivity contribution in [2.75, 3.05) is 0 Å². The quantitative estimate of drug-likeness (QED) is 0.728. The predicted molar refractivity (Wildman–Crippen MR) is 50.1 cm³/mol. The number of nitrogens with zero attached hydrogens (tertiary/aromatic N) is 2. The molecule has 13 heavy (non-hydrogen) atoms. The van der Waals surface area contributed by atoms with E-state index in [0.717, 1.165) is 5.82 Å². The maximum Gasteiger partial charge on any atom is 0.237 e. The van der Waals surface area contributed by atoms with Gasteiger partial charge in [0.25, 0.3) is 0 Å². The average Bonchev–Trinajstić information content (AvgIpc) is 2.31. The number of rotatable bonds is 2. The molecule has 0 atom stereocenters. The van der Waals surface area contributed by atoms with Crippen LogP contribution in [0.1, 0.15) is 26.6 Å². The highest BCUT2D eigenvalue weighted by molar-refractivity contribution is 5.73. The van der Waals surface area contributed by atoms with Crippen LogP contribution in [0, 0.1) is 0 Å². The van der Waals surface area contributed by atoms with E-state index in [1.54, 1.807) is 17.0 Å². The molecule has 0 aliphatic carbocycles. The molecule has 0 radical (unpaired) electrons. The van der Waals surface area contributed by atoms with Gasteiger partial charge in [0, 0.05) is 17.8 Å². The summed E-state index contributed by atoms with van der Waals surface area (Å²) in [5.41, 5.74) is 5.05. The van der Waals surface area contributed by atoms with Crippen molar-refractivity contribution in [3.05, 3.63) is 18.2 Å². The van der Waals surface area contributed by atoms with Gasteiger partial charge in [0.15, 0.2) is 0 Å². The fourth-order valence-corrected chi connectivity index (χ4v) is 1.25. The number of imidazole rings is 1. The molecule has 1 amide bonds. The maximum atomic E-state index is 10.7. The highest BCUT2D eigenvalue weighted by Gasteiger charge is 2.19. The molecule has 4 heteroatoms. The van der Waals surface area contributed by atoms with E-state index in [2.05, 4.69) is 4.98 Å². The summed E-state index contributed by atoms with van der Waals surface area (Å²) in [6.07, 6.45) is 3.45. The third-order valence-electron chi connectivity index (χ3n) is 1.71. The summed E-state index contributed by atoms with van der Waals surface area (Å²) >= 11 is 0. The standard InChI is InChI=1S/C9H15N3O/c1-9(2,3)8-11-4-5-12(8)6-7(10)13/h4-5H,6H2,1-3H3,(H2,10,13). The van der Waals surface area contributed by atoms with Crippen molar-refractivity contribution >= 4 is 5.91 Å². The average molecular weight is 181 g/mol. The van der Waals surface area contributed by atoms with Crippen LogP contribution in [0.25, 0.3) is 0 Å². The van der Waals surface area contributed by atoms with Gasteiger partial charge in [-0.15, -0.1) is 0 Å². The summed E-state index contributed by atoms with van der Waals surface area (Å²) in [4.78, 5) is 14.9. The molecule has 1 aromatic rings. The largest absolute Gasteiger partial charge is 0.368 e. The molecule has 0 fully saturated rings. The van der Waals surface area contributed by atoms with Crippen LogP contribution in [-0.4, -0.2) is 15.5 Å². The second-order valence-corrected chi connectivity index (χ2v) is 4.10. The Hall–Kier alpha value is -1.32. The smallest absolute Gasteiger partial charge is 0.237 e. The van der Waals surface area contributed by atoms with Gasteiger partial charge >= 0.3 is 0 Å². The Morgan fingerprint density at radius 1 is 1.62 bits per heavy atom. The summed E-state index contributed by atoms with van der Waals surface area (Å²) in [5, 5.41) is 0. The normalized spacial score (nSPS) is 11.6. The molecular formula is C9H15N3O. The lowest BCUT2D eigenvalue weighted by Gasteiger charge is -2.18. The molecule has 2 N–H and O–H groups in total. The van der Waals surface area contributed by atoms with Gasteiger partial charge in [0.1, 0.15) is 12.4 Å². The molecule has 1 heterocycles. The second-order valence-electron chi connectivity index (χ2n) is 4.10. The number of hydrogen-bond acceptors (Lipinski definition) is 2. The first-order chi connectivity index (χ1) is 5.91. The van der Waals surface area contributed by atoms with Crippen LogP contribution in [-0.2, 0) is 16.8 Å². The van der Waals surface area contributed by atoms with Gasteiger partial charge in [0.2, 0.25) is 5.91 Å². The Kier molecular flexibility index (Phi) is 2.40. The lowest BCUT2D eigenvalue weighted by Crippen LogP contribution is -2.24. The first-order valence-electron chi connectivity index (χ1n) is 4.21. The Labute approximate surface area is 77.8 Å². The number of nitrogens with two attached hydrogens (primary N) is 1. The first-order valence-corrected chi connectivity index (χ1v) is 4.21. The zero-order chi connectivity index (χ0) is 10.1. The van der Waals surface area contributed by atoms with Crippen molar-refractivity contribution in [2.45, 2.75) is 32.7 Å². The fourth-order valence-electron chi connectivity index (χ4n) is 1.25. The Morgan fingerprint density at radius 3 is 2.69 bits per heavy atom. The van der Waals surface area contributed by atoms with Crippen molar-refractivity contribution < 1.29 is 4.79 Å². The van der Waals surface area contributed by atoms with Gasteiger partial charge in [-0.2, -0.15) is 0 Å². The third-order valence-corrected chi connectivity index (χ3v) is 1.71. The lowest BCUT2D eigenvalue weighted by molar-refractivity contribution is -0.118. The van der Waals surface area contributed by atoms with Crippen LogP contribution in [0.15, 0.2) is 12.4 Å². The first kappa shape index (κ1) is 9.77. The molecule has 0 saturated carbocycles. The van der Waals surface area contributed by atoms with Gasteiger partial charge in [-0.3, -0.25) is 4.79 Å². The molecule has 0 aliphatic heterocycles. The Bertz CT molecular complexity index is 309. The van der Waals surface area contributed by atoms with Crippen molar-refractivity contribution in [1.82, 2.24) is 9.55 Å². The number of amides is 1. The van der Waals surface area contributed by atoms with E-state index in [4.69, 9.17) is 5.73 Å². The molecular weight excluding hydrogens is 166 g/mol. The number of carbonyl (C=O) groups is 1. The molecule has 72 valence electrons. The predicted octanol–water partition coefficient (Wildman–Crippen LogP) is 0.666. The molecule has 0 saturated heterocycles. The van der Waals surface area contributed by atoms with Crippen LogP contribution in [0.5, 0.6) is 0 Å². The summed E-state index contributed by atoms with van der Waals surface area (Å²) in [6.45, 7) is 6.35. The molecule has 0 bridgehead atoms. The summed E-state index contributed by atoms with van der Waals surface area (Å²) in [7, 11) is 0. The SMILES string of the molecule is CC(C)(C)c1nccn1CC(N)=O. The minimum Gasteiger partial charge on any atom is -0.368 e. The van der Waals surface area contributed by atoms with Gasteiger partial charge in [0.05, 0.1) is 0 Å². The molecule has 0 unspecified atom stereocenters. The van der Waals surface area contributed by atoms with Crippen LogP contribution in [0.2, 0.25) is 0 Å². The van der Waals surface area contributed by atoms with Crippen LogP contribution < -0.4 is 5.73 Å². The second kappa shape index (κ2) is 3.20. The maximum absolute atomic E-state index is 10.7. The topological polar surface area (TPSA) is 60.9 Å². The zero-order valence-corrected chi connectivity index (χ0v) is 8.24. The summed E-state index contributed by atoms with van der Waals surface area (Å²) in [6, 6.07) is 0. The van der Waals surface area contributed by atoms with Gasteiger partial charge in [-0.05, 0) is 0 Å². The third kappa shape index (κ3) is 2.31. The van der Waals surface area contributed by atoms with Crippen molar-refractivity contribution in [3.8, 4) is 0 Å². The van der Waals surface area contributed by atoms with Crippen molar-refractivity contribution in [2.24, 2.45) is 5.73 Å². The Morgan fingerprint density at radius 2 is 2.23 bits per heavy atom. The van der Waals surface area contributed by atoms with Crippen LogP contribution in [0.4, 0.5) is 0 Å². The zero-order valence-electron chi connectivity index (χ0n) is 8.24. The van der Waals surface area contributed by atoms with Crippen LogP contribution in [0.3, 0.4) is 0 Å². The molecule has 1 rings (SSSR count). The molecule has 1 aromatic heterocycles. The van der Waals surface area contributed by atoms with E-state index < -0.39 is 0 Å². The minimum atomic E-state index is -0.344. The highest BCUT2D eigenvalue weighted by atomic mass is 16.1. The molecule has 0 aromatic carbocycles. The monoisotopic (exact) mass is 181 g/mol. The van der Waals surface area contributed by atoms with E-state index in [1.807, 2.05) is 20.8 Å². The van der Waals surface area contributed by atoms with E-state index in [9.17, 15) is 4.79 Å². The van der Waals surface area contributed by atoms with Gasteiger partial charge in [-0.25, -0.2) is 4.98 Å². The molecule has 0 spiro atoms. The molecule has 4 nitrogen and oxygen atoms in total. The summed E-state index contributed by atoms with van der Waals surface area (Å²) in [5.74, 6) is 0.537. The highest BCUT2D eigenvalue weighted by Crippen LogP contribution is 2.19. The summed E-state index contributed by atoms with van der Waals surface area (Å²) < 4.78 is 1.78. The van der Waals surface area contributed by atoms with Crippen molar-refractivity contribution in [1.29, 1.82) is 0 Å². The molecule has 0 aliphatic rings. The van der Waals surface area contributed by atoms with E-state index >= 15 is 0 Å². The number of carbonyl (C=O) groups excluding carboxylic acids is 1. The number of primary amides is 1. The Balaban J connectivity index is 2.96. The number of aromatic nitrogens is 2. The fraction of sp³-hybridized carbons (Fsp3) is 0.556. The lowest BCUT2D eigenvalue weighted by atomic mass is 9.96.